The third-order valence-corrected chi connectivity index (χ3v) is 7.28. The molecule has 34 heavy (non-hydrogen) atoms. The maximum Gasteiger partial charge on any atom is 0.433 e. The van der Waals surface area contributed by atoms with E-state index in [0.717, 1.165) is 12.3 Å². The zero-order valence-corrected chi connectivity index (χ0v) is 19.4. The second-order valence-electron chi connectivity index (χ2n) is 8.34. The molecule has 1 aliphatic rings. The van der Waals surface area contributed by atoms with Gasteiger partial charge in [0.05, 0.1) is 10.8 Å². The summed E-state index contributed by atoms with van der Waals surface area (Å²) in [4.78, 5) is 23.8. The first-order valence-corrected chi connectivity index (χ1v) is 11.5. The Kier molecular flexibility index (Phi) is 6.54. The Morgan fingerprint density at radius 1 is 1.29 bits per heavy atom. The average molecular weight is 513 g/mol. The van der Waals surface area contributed by atoms with Gasteiger partial charge in [0, 0.05) is 23.1 Å². The highest BCUT2D eigenvalue weighted by Gasteiger charge is 2.43. The molecular weight excluding hydrogens is 493 g/mol. The minimum atomic E-state index is -4.60. The van der Waals surface area contributed by atoms with Crippen LogP contribution in [0.3, 0.4) is 0 Å². The van der Waals surface area contributed by atoms with E-state index >= 15 is 0 Å². The van der Waals surface area contributed by atoms with E-state index in [4.69, 9.17) is 11.6 Å². The standard InChI is InChI=1S/C22H20ClF3N4O3S/c1-11-9-21(33,4-2-15(11)18(31)32)19-28-10-16(34-19)12-6-13(23)8-14(7-12)29-20-27-5-3-17(30-20)22(24,25)26/h3,5-8,10-11,15,33H,2,4,9H2,1H3,(H,31,32)(H,27,29,30)/t11?,15?,21-/m0/s1. The Labute approximate surface area is 201 Å². The van der Waals surface area contributed by atoms with Gasteiger partial charge < -0.3 is 15.5 Å². The van der Waals surface area contributed by atoms with E-state index < -0.39 is 29.4 Å². The third-order valence-electron chi connectivity index (χ3n) is 5.82. The number of carboxylic acid groups (broad SMARTS) is 1. The predicted molar refractivity (Wildman–Crippen MR) is 121 cm³/mol. The zero-order chi connectivity index (χ0) is 24.7. The number of nitrogens with zero attached hydrogens (tertiary/aromatic N) is 3. The lowest BCUT2D eigenvalue weighted by Gasteiger charge is -2.37. The summed E-state index contributed by atoms with van der Waals surface area (Å²) in [5.41, 5.74) is -1.27. The van der Waals surface area contributed by atoms with Crippen molar-refractivity contribution < 1.29 is 28.2 Å². The number of benzene rings is 1. The van der Waals surface area contributed by atoms with Gasteiger partial charge in [0.25, 0.3) is 0 Å². The van der Waals surface area contributed by atoms with Gasteiger partial charge in [0.15, 0.2) is 0 Å². The van der Waals surface area contributed by atoms with Gasteiger partial charge in [-0.3, -0.25) is 4.79 Å². The van der Waals surface area contributed by atoms with Crippen LogP contribution in [0.15, 0.2) is 36.7 Å². The summed E-state index contributed by atoms with van der Waals surface area (Å²) in [5, 5.41) is 24.1. The fourth-order valence-electron chi connectivity index (χ4n) is 4.15. The molecule has 3 aromatic rings. The van der Waals surface area contributed by atoms with E-state index in [1.54, 1.807) is 18.3 Å². The lowest BCUT2D eigenvalue weighted by molar-refractivity contribution is -0.148. The van der Waals surface area contributed by atoms with Gasteiger partial charge in [-0.25, -0.2) is 15.0 Å². The summed E-state index contributed by atoms with van der Waals surface area (Å²) in [6.45, 7) is 1.81. The molecule has 1 fully saturated rings. The number of carbonyl (C=O) groups is 1. The van der Waals surface area contributed by atoms with Crippen LogP contribution in [0.4, 0.5) is 24.8 Å². The Morgan fingerprint density at radius 3 is 2.74 bits per heavy atom. The molecule has 12 heteroatoms. The summed E-state index contributed by atoms with van der Waals surface area (Å²) in [5.74, 6) is -1.80. The van der Waals surface area contributed by atoms with Gasteiger partial charge in [-0.2, -0.15) is 13.2 Å². The van der Waals surface area contributed by atoms with Crippen LogP contribution in [-0.4, -0.2) is 31.1 Å². The number of hydrogen-bond acceptors (Lipinski definition) is 7. The number of alkyl halides is 3. The first-order valence-electron chi connectivity index (χ1n) is 10.3. The number of nitrogens with one attached hydrogen (secondary N) is 1. The first kappa shape index (κ1) is 24.4. The quantitative estimate of drug-likeness (QED) is 0.401. The Balaban J connectivity index is 1.57. The molecule has 1 aromatic carbocycles. The van der Waals surface area contributed by atoms with Crippen LogP contribution in [-0.2, 0) is 16.6 Å². The number of thiazole rings is 1. The third kappa shape index (κ3) is 5.16. The fourth-order valence-corrected chi connectivity index (χ4v) is 5.41. The number of anilines is 2. The minimum absolute atomic E-state index is 0.210. The zero-order valence-electron chi connectivity index (χ0n) is 17.8. The number of aliphatic carboxylic acids is 1. The van der Waals surface area contributed by atoms with Crippen LogP contribution in [0.2, 0.25) is 5.02 Å². The molecule has 0 bridgehead atoms. The first-order chi connectivity index (χ1) is 15.9. The number of halogens is 4. The molecule has 0 spiro atoms. The van der Waals surface area contributed by atoms with Crippen molar-refractivity contribution in [2.45, 2.75) is 38.0 Å². The number of rotatable bonds is 5. The number of carboxylic acids is 1. The number of aromatic nitrogens is 3. The second kappa shape index (κ2) is 9.12. The summed E-state index contributed by atoms with van der Waals surface area (Å²) in [6.07, 6.45) is -1.08. The van der Waals surface area contributed by atoms with E-state index in [-0.39, 0.29) is 24.7 Å². The monoisotopic (exact) mass is 512 g/mol. The molecule has 0 aliphatic heterocycles. The highest BCUT2D eigenvalue weighted by Crippen LogP contribution is 2.45. The van der Waals surface area contributed by atoms with Crippen molar-refractivity contribution in [3.63, 3.8) is 0 Å². The summed E-state index contributed by atoms with van der Waals surface area (Å²) < 4.78 is 38.8. The van der Waals surface area contributed by atoms with E-state index in [2.05, 4.69) is 20.3 Å². The Morgan fingerprint density at radius 2 is 2.06 bits per heavy atom. The topological polar surface area (TPSA) is 108 Å². The molecule has 2 aromatic heterocycles. The molecule has 1 aliphatic carbocycles. The van der Waals surface area contributed by atoms with E-state index in [1.165, 1.54) is 17.4 Å². The smallest absolute Gasteiger partial charge is 0.433 e. The second-order valence-corrected chi connectivity index (χ2v) is 9.81. The van der Waals surface area contributed by atoms with Gasteiger partial charge in [0.1, 0.15) is 16.3 Å². The van der Waals surface area contributed by atoms with Crippen molar-refractivity contribution in [1.29, 1.82) is 0 Å². The summed E-state index contributed by atoms with van der Waals surface area (Å²) in [6, 6.07) is 5.65. The molecule has 4 rings (SSSR count). The van der Waals surface area contributed by atoms with Crippen LogP contribution >= 0.6 is 22.9 Å². The van der Waals surface area contributed by atoms with Crippen molar-refractivity contribution in [3.05, 3.63) is 52.4 Å². The normalized spacial score (nSPS) is 23.0. The SMILES string of the molecule is CC1C[C@](O)(c2ncc(-c3cc(Cl)cc(Nc4nccc(C(F)(F)F)n4)c3)s2)CCC1C(=O)O. The molecule has 180 valence electrons. The van der Waals surface area contributed by atoms with Crippen LogP contribution in [0.25, 0.3) is 10.4 Å². The number of hydrogen-bond donors (Lipinski definition) is 3. The minimum Gasteiger partial charge on any atom is -0.481 e. The molecular formula is C22H20ClF3N4O3S. The largest absolute Gasteiger partial charge is 0.481 e. The highest BCUT2D eigenvalue weighted by molar-refractivity contribution is 7.15. The van der Waals surface area contributed by atoms with Gasteiger partial charge in [-0.1, -0.05) is 18.5 Å². The van der Waals surface area contributed by atoms with Crippen LogP contribution in [0.5, 0.6) is 0 Å². The molecule has 0 amide bonds. The highest BCUT2D eigenvalue weighted by atomic mass is 35.5. The van der Waals surface area contributed by atoms with Gasteiger partial charge >= 0.3 is 12.1 Å². The fraction of sp³-hybridized carbons (Fsp3) is 0.364. The molecule has 2 heterocycles. The summed E-state index contributed by atoms with van der Waals surface area (Å²) in [7, 11) is 0. The Bertz CT molecular complexity index is 1220. The molecule has 2 unspecified atom stereocenters. The van der Waals surface area contributed by atoms with Crippen molar-refractivity contribution in [3.8, 4) is 10.4 Å². The molecule has 1 saturated carbocycles. The van der Waals surface area contributed by atoms with Gasteiger partial charge in [-0.05, 0) is 55.0 Å². The maximum atomic E-state index is 12.9. The molecule has 3 atom stereocenters. The molecule has 0 saturated heterocycles. The Hall–Kier alpha value is -2.76. The molecule has 3 N–H and O–H groups in total. The summed E-state index contributed by atoms with van der Waals surface area (Å²) >= 11 is 7.49. The van der Waals surface area contributed by atoms with Crippen LogP contribution < -0.4 is 5.32 Å². The lowest BCUT2D eigenvalue weighted by Crippen LogP contribution is -2.38. The van der Waals surface area contributed by atoms with Crippen molar-refractivity contribution >= 4 is 40.5 Å². The number of aliphatic hydroxyl groups is 1. The van der Waals surface area contributed by atoms with Crippen molar-refractivity contribution in [2.75, 3.05) is 5.32 Å². The van der Waals surface area contributed by atoms with Gasteiger partial charge in [-0.15, -0.1) is 11.3 Å². The van der Waals surface area contributed by atoms with Crippen LogP contribution in [0.1, 0.15) is 36.9 Å². The van der Waals surface area contributed by atoms with Gasteiger partial charge in [0.2, 0.25) is 5.95 Å². The van der Waals surface area contributed by atoms with E-state index in [9.17, 15) is 28.2 Å². The maximum absolute atomic E-state index is 12.9. The molecule has 7 nitrogen and oxygen atoms in total. The van der Waals surface area contributed by atoms with Crippen molar-refractivity contribution in [2.24, 2.45) is 11.8 Å². The van der Waals surface area contributed by atoms with E-state index in [1.807, 2.05) is 6.92 Å². The van der Waals surface area contributed by atoms with Crippen LogP contribution in [0, 0.1) is 11.8 Å². The average Bonchev–Trinajstić information content (AvgIpc) is 3.24. The van der Waals surface area contributed by atoms with E-state index in [0.29, 0.717) is 32.6 Å². The lowest BCUT2D eigenvalue weighted by atomic mass is 9.72. The molecule has 0 radical (unpaired) electrons. The van der Waals surface area contributed by atoms with Crippen molar-refractivity contribution in [1.82, 2.24) is 15.0 Å². The predicted octanol–water partition coefficient (Wildman–Crippen LogP) is 5.72.